The van der Waals surface area contributed by atoms with E-state index < -0.39 is 11.9 Å². The first-order chi connectivity index (χ1) is 10.5. The number of nitrogens with zero attached hydrogens (tertiary/aromatic N) is 2. The van der Waals surface area contributed by atoms with Gasteiger partial charge in [0.25, 0.3) is 0 Å². The number of benzene rings is 1. The maximum atomic E-state index is 13.0. The molecule has 2 aromatic rings. The predicted octanol–water partition coefficient (Wildman–Crippen LogP) is 3.01. The van der Waals surface area contributed by atoms with E-state index in [1.54, 1.807) is 24.5 Å². The fourth-order valence-electron chi connectivity index (χ4n) is 2.08. The fraction of sp³-hybridized carbons (Fsp3) is 0.312. The Kier molecular flexibility index (Phi) is 5.04. The summed E-state index contributed by atoms with van der Waals surface area (Å²) >= 11 is 0. The molecule has 116 valence electrons. The van der Waals surface area contributed by atoms with Crippen molar-refractivity contribution in [2.75, 3.05) is 0 Å². The minimum atomic E-state index is -0.947. The first kappa shape index (κ1) is 15.9. The zero-order valence-corrected chi connectivity index (χ0v) is 12.4. The number of carboxylic acid groups (broad SMARTS) is 1. The van der Waals surface area contributed by atoms with Gasteiger partial charge in [-0.05, 0) is 37.1 Å². The molecule has 1 atom stereocenters. The summed E-state index contributed by atoms with van der Waals surface area (Å²) in [5.41, 5.74) is 1.34. The number of halogens is 1. The van der Waals surface area contributed by atoms with Crippen LogP contribution in [0.4, 0.5) is 4.39 Å². The molecule has 0 aliphatic carbocycles. The van der Waals surface area contributed by atoms with Crippen LogP contribution in [0.2, 0.25) is 0 Å². The molecule has 1 heterocycles. The average Bonchev–Trinajstić information content (AvgIpc) is 2.46. The highest BCUT2D eigenvalue weighted by Crippen LogP contribution is 2.28. The maximum Gasteiger partial charge on any atom is 0.316 e. The van der Waals surface area contributed by atoms with Gasteiger partial charge in [0, 0.05) is 18.3 Å². The van der Waals surface area contributed by atoms with Gasteiger partial charge >= 0.3 is 12.0 Å². The minimum absolute atomic E-state index is 0.0437. The van der Waals surface area contributed by atoms with Gasteiger partial charge in [-0.1, -0.05) is 12.1 Å². The van der Waals surface area contributed by atoms with E-state index in [-0.39, 0.29) is 24.4 Å². The molecule has 0 amide bonds. The van der Waals surface area contributed by atoms with Gasteiger partial charge in [0.1, 0.15) is 5.82 Å². The van der Waals surface area contributed by atoms with Crippen LogP contribution in [0.25, 0.3) is 0 Å². The normalized spacial score (nSPS) is 12.2. The second kappa shape index (κ2) is 6.98. The number of carboxylic acids is 1. The van der Waals surface area contributed by atoms with Gasteiger partial charge in [-0.3, -0.25) is 4.79 Å². The topological polar surface area (TPSA) is 72.3 Å². The second-order valence-corrected chi connectivity index (χ2v) is 5.17. The number of hydrogen-bond donors (Lipinski definition) is 1. The van der Waals surface area contributed by atoms with Gasteiger partial charge in [0.05, 0.1) is 12.5 Å². The molecule has 0 fully saturated rings. The van der Waals surface area contributed by atoms with Crippen LogP contribution in [-0.4, -0.2) is 27.1 Å². The van der Waals surface area contributed by atoms with Crippen molar-refractivity contribution in [3.05, 3.63) is 53.6 Å². The summed E-state index contributed by atoms with van der Waals surface area (Å²) in [4.78, 5) is 19.3. The minimum Gasteiger partial charge on any atom is -0.481 e. The summed E-state index contributed by atoms with van der Waals surface area (Å²) in [6.07, 6.45) is 2.92. The molecule has 5 nitrogen and oxygen atoms in total. The Bertz CT molecular complexity index is 627. The lowest BCUT2D eigenvalue weighted by molar-refractivity contribution is -0.137. The predicted molar refractivity (Wildman–Crippen MR) is 78.3 cm³/mol. The third-order valence-corrected chi connectivity index (χ3v) is 3.04. The Morgan fingerprint density at radius 3 is 2.27 bits per heavy atom. The summed E-state index contributed by atoms with van der Waals surface area (Å²) in [7, 11) is 0. The molecule has 1 aromatic carbocycles. The SMILES string of the molecule is CC(C)Oc1ncc(C(CC(=O)O)c2ccc(F)cc2)cn1. The number of carbonyl (C=O) groups is 1. The van der Waals surface area contributed by atoms with E-state index in [1.165, 1.54) is 12.1 Å². The van der Waals surface area contributed by atoms with Crippen LogP contribution in [0.1, 0.15) is 37.3 Å². The van der Waals surface area contributed by atoms with Crippen LogP contribution in [0.3, 0.4) is 0 Å². The van der Waals surface area contributed by atoms with Crippen molar-refractivity contribution in [2.45, 2.75) is 32.3 Å². The van der Waals surface area contributed by atoms with Crippen LogP contribution < -0.4 is 4.74 Å². The molecule has 0 spiro atoms. The Morgan fingerprint density at radius 2 is 1.77 bits per heavy atom. The molecule has 6 heteroatoms. The number of aliphatic carboxylic acids is 1. The van der Waals surface area contributed by atoms with Crippen molar-refractivity contribution in [1.82, 2.24) is 9.97 Å². The number of ether oxygens (including phenoxy) is 1. The highest BCUT2D eigenvalue weighted by atomic mass is 19.1. The maximum absolute atomic E-state index is 13.0. The van der Waals surface area contributed by atoms with E-state index in [4.69, 9.17) is 9.84 Å². The van der Waals surface area contributed by atoms with Gasteiger partial charge in [0.2, 0.25) is 0 Å². The van der Waals surface area contributed by atoms with E-state index in [0.29, 0.717) is 11.1 Å². The smallest absolute Gasteiger partial charge is 0.316 e. The standard InChI is InChI=1S/C16H17FN2O3/c1-10(2)22-16-18-8-12(9-19-16)14(7-15(20)21)11-3-5-13(17)6-4-11/h3-6,8-10,14H,7H2,1-2H3,(H,20,21). The zero-order chi connectivity index (χ0) is 16.1. The van der Waals surface area contributed by atoms with E-state index >= 15 is 0 Å². The summed E-state index contributed by atoms with van der Waals surface area (Å²) in [5, 5.41) is 9.10. The molecule has 2 rings (SSSR count). The third-order valence-electron chi connectivity index (χ3n) is 3.04. The van der Waals surface area contributed by atoms with Crippen LogP contribution in [0.5, 0.6) is 6.01 Å². The van der Waals surface area contributed by atoms with Crippen LogP contribution in [0, 0.1) is 5.82 Å². The molecule has 22 heavy (non-hydrogen) atoms. The molecule has 0 aliphatic heterocycles. The lowest BCUT2D eigenvalue weighted by atomic mass is 9.90. The Labute approximate surface area is 127 Å². The third kappa shape index (κ3) is 4.25. The lowest BCUT2D eigenvalue weighted by Crippen LogP contribution is -2.11. The molecule has 0 bridgehead atoms. The van der Waals surface area contributed by atoms with Crippen LogP contribution in [-0.2, 0) is 4.79 Å². The Hall–Kier alpha value is -2.50. The van der Waals surface area contributed by atoms with Crippen molar-refractivity contribution in [3.8, 4) is 6.01 Å². The Balaban J connectivity index is 2.28. The summed E-state index contributed by atoms with van der Waals surface area (Å²) in [5.74, 6) is -1.75. The molecule has 1 N–H and O–H groups in total. The van der Waals surface area contributed by atoms with Crippen molar-refractivity contribution in [1.29, 1.82) is 0 Å². The Morgan fingerprint density at radius 1 is 1.18 bits per heavy atom. The van der Waals surface area contributed by atoms with Crippen LogP contribution >= 0.6 is 0 Å². The fourth-order valence-corrected chi connectivity index (χ4v) is 2.08. The average molecular weight is 304 g/mol. The highest BCUT2D eigenvalue weighted by molar-refractivity contribution is 5.69. The number of hydrogen-bond acceptors (Lipinski definition) is 4. The largest absolute Gasteiger partial charge is 0.481 e. The van der Waals surface area contributed by atoms with Crippen molar-refractivity contribution in [3.63, 3.8) is 0 Å². The first-order valence-electron chi connectivity index (χ1n) is 6.91. The van der Waals surface area contributed by atoms with Gasteiger partial charge in [0.15, 0.2) is 0 Å². The van der Waals surface area contributed by atoms with Crippen molar-refractivity contribution < 1.29 is 19.0 Å². The first-order valence-corrected chi connectivity index (χ1v) is 6.91. The number of aromatic nitrogens is 2. The number of rotatable bonds is 6. The molecule has 1 unspecified atom stereocenters. The summed E-state index contributed by atoms with van der Waals surface area (Å²) in [6.45, 7) is 3.73. The quantitative estimate of drug-likeness (QED) is 0.888. The van der Waals surface area contributed by atoms with E-state index in [2.05, 4.69) is 9.97 Å². The molecular formula is C16H17FN2O3. The van der Waals surface area contributed by atoms with E-state index in [9.17, 15) is 9.18 Å². The van der Waals surface area contributed by atoms with Gasteiger partial charge in [-0.15, -0.1) is 0 Å². The van der Waals surface area contributed by atoms with Crippen LogP contribution in [0.15, 0.2) is 36.7 Å². The van der Waals surface area contributed by atoms with E-state index in [0.717, 1.165) is 0 Å². The van der Waals surface area contributed by atoms with E-state index in [1.807, 2.05) is 13.8 Å². The summed E-state index contributed by atoms with van der Waals surface area (Å²) < 4.78 is 18.4. The lowest BCUT2D eigenvalue weighted by Gasteiger charge is -2.16. The molecule has 1 aromatic heterocycles. The summed E-state index contributed by atoms with van der Waals surface area (Å²) in [6, 6.07) is 6.00. The highest BCUT2D eigenvalue weighted by Gasteiger charge is 2.19. The monoisotopic (exact) mass is 304 g/mol. The molecule has 0 saturated heterocycles. The zero-order valence-electron chi connectivity index (χ0n) is 12.4. The molecular weight excluding hydrogens is 287 g/mol. The molecule has 0 radical (unpaired) electrons. The van der Waals surface area contributed by atoms with Gasteiger partial charge < -0.3 is 9.84 Å². The van der Waals surface area contributed by atoms with Gasteiger partial charge in [-0.2, -0.15) is 0 Å². The van der Waals surface area contributed by atoms with Crippen molar-refractivity contribution >= 4 is 5.97 Å². The molecule has 0 aliphatic rings. The van der Waals surface area contributed by atoms with Gasteiger partial charge in [-0.25, -0.2) is 14.4 Å². The second-order valence-electron chi connectivity index (χ2n) is 5.17. The van der Waals surface area contributed by atoms with Crippen molar-refractivity contribution in [2.24, 2.45) is 0 Å². The molecule has 0 saturated carbocycles.